The highest BCUT2D eigenvalue weighted by Gasteiger charge is 2.20. The van der Waals surface area contributed by atoms with E-state index in [1.807, 2.05) is 6.92 Å². The Bertz CT molecular complexity index is 1360. The fourth-order valence-corrected chi connectivity index (χ4v) is 5.06. The Morgan fingerprint density at radius 2 is 1.69 bits per heavy atom. The van der Waals surface area contributed by atoms with Crippen molar-refractivity contribution in [3.63, 3.8) is 0 Å². The van der Waals surface area contributed by atoms with Crippen LogP contribution < -0.4 is 15.4 Å². The molecule has 1 unspecified atom stereocenters. The molecule has 0 saturated carbocycles. The van der Waals surface area contributed by atoms with Gasteiger partial charge in [-0.25, -0.2) is 8.42 Å². The van der Waals surface area contributed by atoms with Crippen molar-refractivity contribution in [3.05, 3.63) is 89.0 Å². The summed E-state index contributed by atoms with van der Waals surface area (Å²) in [6.45, 7) is 4.73. The van der Waals surface area contributed by atoms with Crippen LogP contribution in [0.4, 0.5) is 11.4 Å². The predicted molar refractivity (Wildman–Crippen MR) is 139 cm³/mol. The van der Waals surface area contributed by atoms with Crippen molar-refractivity contribution >= 4 is 33.2 Å². The van der Waals surface area contributed by atoms with Gasteiger partial charge in [0.15, 0.2) is 0 Å². The summed E-state index contributed by atoms with van der Waals surface area (Å²) < 4.78 is 33.6. The molecule has 8 nitrogen and oxygen atoms in total. The van der Waals surface area contributed by atoms with Crippen molar-refractivity contribution in [3.8, 4) is 0 Å². The van der Waals surface area contributed by atoms with Crippen LogP contribution in [-0.4, -0.2) is 39.5 Å². The fourth-order valence-electron chi connectivity index (χ4n) is 3.93. The van der Waals surface area contributed by atoms with Crippen molar-refractivity contribution in [2.24, 2.45) is 0 Å². The molecule has 1 atom stereocenters. The lowest BCUT2D eigenvalue weighted by atomic mass is 10.1. The Morgan fingerprint density at radius 1 is 0.944 bits per heavy atom. The molecule has 1 saturated heterocycles. The zero-order chi connectivity index (χ0) is 25.7. The van der Waals surface area contributed by atoms with Gasteiger partial charge in [0, 0.05) is 18.7 Å². The SMILES string of the molecule is Cc1ccc(S(=O)(=O)Nc2ccc(C(=O)Nc3ccccc3C(=O)NCC3CCCO3)cc2C)cc1. The van der Waals surface area contributed by atoms with Crippen molar-refractivity contribution < 1.29 is 22.7 Å². The van der Waals surface area contributed by atoms with Crippen LogP contribution >= 0.6 is 0 Å². The number of sulfonamides is 1. The molecule has 3 aromatic carbocycles. The summed E-state index contributed by atoms with van der Waals surface area (Å²) in [5.41, 5.74) is 2.99. The van der Waals surface area contributed by atoms with Gasteiger partial charge < -0.3 is 15.4 Å². The van der Waals surface area contributed by atoms with E-state index in [1.54, 1.807) is 67.6 Å². The Kier molecular flexibility index (Phi) is 7.71. The number of para-hydroxylation sites is 1. The third kappa shape index (κ3) is 6.10. The summed E-state index contributed by atoms with van der Waals surface area (Å²) in [5.74, 6) is -0.705. The Hall–Kier alpha value is -3.69. The molecule has 0 aliphatic carbocycles. The molecule has 1 fully saturated rings. The molecule has 0 radical (unpaired) electrons. The van der Waals surface area contributed by atoms with Gasteiger partial charge in [-0.3, -0.25) is 14.3 Å². The second kappa shape index (κ2) is 10.9. The molecule has 3 N–H and O–H groups in total. The van der Waals surface area contributed by atoms with Crippen LogP contribution in [0.25, 0.3) is 0 Å². The highest BCUT2D eigenvalue weighted by Crippen LogP contribution is 2.23. The monoisotopic (exact) mass is 507 g/mol. The van der Waals surface area contributed by atoms with E-state index >= 15 is 0 Å². The maximum absolute atomic E-state index is 13.0. The molecule has 1 heterocycles. The van der Waals surface area contributed by atoms with E-state index < -0.39 is 15.9 Å². The molecular weight excluding hydrogens is 478 g/mol. The summed E-state index contributed by atoms with van der Waals surface area (Å²) in [5, 5.41) is 5.66. The number of amides is 2. The summed E-state index contributed by atoms with van der Waals surface area (Å²) in [4.78, 5) is 25.8. The third-order valence-electron chi connectivity index (χ3n) is 6.00. The molecule has 2 amide bonds. The number of hydrogen-bond donors (Lipinski definition) is 3. The lowest BCUT2D eigenvalue weighted by Gasteiger charge is -2.15. The first kappa shape index (κ1) is 25.4. The van der Waals surface area contributed by atoms with Crippen LogP contribution in [0.1, 0.15) is 44.7 Å². The van der Waals surface area contributed by atoms with E-state index in [2.05, 4.69) is 15.4 Å². The van der Waals surface area contributed by atoms with Crippen LogP contribution in [0.2, 0.25) is 0 Å². The largest absolute Gasteiger partial charge is 0.376 e. The number of rotatable bonds is 8. The highest BCUT2D eigenvalue weighted by molar-refractivity contribution is 7.92. The minimum Gasteiger partial charge on any atom is -0.376 e. The third-order valence-corrected chi connectivity index (χ3v) is 7.38. The van der Waals surface area contributed by atoms with Crippen LogP contribution in [-0.2, 0) is 14.8 Å². The number of hydrogen-bond acceptors (Lipinski definition) is 5. The number of carbonyl (C=O) groups is 2. The van der Waals surface area contributed by atoms with E-state index in [1.165, 1.54) is 6.07 Å². The number of carbonyl (C=O) groups excluding carboxylic acids is 2. The zero-order valence-corrected chi connectivity index (χ0v) is 21.0. The van der Waals surface area contributed by atoms with Gasteiger partial charge in [-0.1, -0.05) is 29.8 Å². The average Bonchev–Trinajstić information content (AvgIpc) is 3.38. The summed E-state index contributed by atoms with van der Waals surface area (Å²) in [7, 11) is -3.77. The standard InChI is InChI=1S/C27H29N3O5S/c1-18-9-12-22(13-10-18)36(33,34)30-24-14-11-20(16-19(24)2)26(31)29-25-8-4-3-7-23(25)27(32)28-17-21-6-5-15-35-21/h3-4,7-14,16,21,30H,5-6,15,17H2,1-2H3,(H,28,32)(H,29,31). The number of nitrogens with one attached hydrogen (secondary N) is 3. The van der Waals surface area contributed by atoms with Crippen LogP contribution in [0.15, 0.2) is 71.6 Å². The van der Waals surface area contributed by atoms with Crippen LogP contribution in [0, 0.1) is 13.8 Å². The van der Waals surface area contributed by atoms with Gasteiger partial charge in [0.1, 0.15) is 0 Å². The van der Waals surface area contributed by atoms with E-state index in [9.17, 15) is 18.0 Å². The van der Waals surface area contributed by atoms with Gasteiger partial charge >= 0.3 is 0 Å². The highest BCUT2D eigenvalue weighted by atomic mass is 32.2. The first-order valence-electron chi connectivity index (χ1n) is 11.7. The molecule has 0 bridgehead atoms. The van der Waals surface area contributed by atoms with Crippen LogP contribution in [0.5, 0.6) is 0 Å². The lowest BCUT2D eigenvalue weighted by molar-refractivity contribution is 0.0858. The zero-order valence-electron chi connectivity index (χ0n) is 20.2. The number of anilines is 2. The van der Waals surface area contributed by atoms with Gasteiger partial charge in [0.05, 0.1) is 27.9 Å². The second-order valence-corrected chi connectivity index (χ2v) is 10.5. The van der Waals surface area contributed by atoms with Gasteiger partial charge in [-0.05, 0) is 74.7 Å². The summed E-state index contributed by atoms with van der Waals surface area (Å²) in [6, 6.07) is 18.0. The molecule has 0 aromatic heterocycles. The summed E-state index contributed by atoms with van der Waals surface area (Å²) in [6.07, 6.45) is 1.91. The molecule has 0 spiro atoms. The Balaban J connectivity index is 1.45. The molecule has 36 heavy (non-hydrogen) atoms. The molecule has 4 rings (SSSR count). The number of ether oxygens (including phenoxy) is 1. The first-order chi connectivity index (χ1) is 17.2. The Labute approximate surface area is 211 Å². The van der Waals surface area contributed by atoms with Crippen LogP contribution in [0.3, 0.4) is 0 Å². The molecular formula is C27H29N3O5S. The second-order valence-electron chi connectivity index (χ2n) is 8.79. The smallest absolute Gasteiger partial charge is 0.261 e. The fraction of sp³-hybridized carbons (Fsp3) is 0.259. The van der Waals surface area contributed by atoms with Crippen molar-refractivity contribution in [1.29, 1.82) is 0 Å². The summed E-state index contributed by atoms with van der Waals surface area (Å²) >= 11 is 0. The van der Waals surface area contributed by atoms with Gasteiger partial charge in [0.25, 0.3) is 21.8 Å². The number of aryl methyl sites for hydroxylation is 2. The first-order valence-corrected chi connectivity index (χ1v) is 13.2. The molecule has 9 heteroatoms. The Morgan fingerprint density at radius 3 is 2.39 bits per heavy atom. The van der Waals surface area contributed by atoms with Crippen molar-refractivity contribution in [1.82, 2.24) is 5.32 Å². The van der Waals surface area contributed by atoms with Gasteiger partial charge in [-0.15, -0.1) is 0 Å². The topological polar surface area (TPSA) is 114 Å². The van der Waals surface area contributed by atoms with E-state index in [0.29, 0.717) is 41.2 Å². The maximum atomic E-state index is 13.0. The van der Waals surface area contributed by atoms with E-state index in [4.69, 9.17) is 4.74 Å². The van der Waals surface area contributed by atoms with E-state index in [-0.39, 0.29) is 16.9 Å². The molecule has 1 aliphatic rings. The lowest BCUT2D eigenvalue weighted by Crippen LogP contribution is -2.32. The average molecular weight is 508 g/mol. The van der Waals surface area contributed by atoms with Gasteiger partial charge in [0.2, 0.25) is 0 Å². The number of benzene rings is 3. The van der Waals surface area contributed by atoms with E-state index in [0.717, 1.165) is 18.4 Å². The normalized spacial score (nSPS) is 15.3. The van der Waals surface area contributed by atoms with Gasteiger partial charge in [-0.2, -0.15) is 0 Å². The minimum absolute atomic E-state index is 0.0145. The van der Waals surface area contributed by atoms with Crippen molar-refractivity contribution in [2.45, 2.75) is 37.7 Å². The maximum Gasteiger partial charge on any atom is 0.261 e. The molecule has 3 aromatic rings. The predicted octanol–water partition coefficient (Wildman–Crippen LogP) is 4.27. The molecule has 188 valence electrons. The quantitative estimate of drug-likeness (QED) is 0.422. The minimum atomic E-state index is -3.77. The van der Waals surface area contributed by atoms with Crippen molar-refractivity contribution in [2.75, 3.05) is 23.2 Å². The molecule has 1 aliphatic heterocycles.